The first-order valence-electron chi connectivity index (χ1n) is 7.28. The minimum atomic E-state index is -3.48. The quantitative estimate of drug-likeness (QED) is 0.838. The van der Waals surface area contributed by atoms with Gasteiger partial charge in [0.25, 0.3) is 0 Å². The van der Waals surface area contributed by atoms with Gasteiger partial charge in [0, 0.05) is 18.7 Å². The number of piperidine rings is 1. The van der Waals surface area contributed by atoms with Gasteiger partial charge in [-0.2, -0.15) is 4.31 Å². The van der Waals surface area contributed by atoms with E-state index in [1.807, 2.05) is 6.92 Å². The van der Waals surface area contributed by atoms with Crippen LogP contribution in [0.3, 0.4) is 0 Å². The van der Waals surface area contributed by atoms with Crippen molar-refractivity contribution in [1.29, 1.82) is 0 Å². The van der Waals surface area contributed by atoms with E-state index in [1.54, 1.807) is 16.4 Å². The van der Waals surface area contributed by atoms with Gasteiger partial charge in [-0.25, -0.2) is 8.42 Å². The first-order valence-corrected chi connectivity index (χ1v) is 8.72. The Balaban J connectivity index is 2.38. The Kier molecular flexibility index (Phi) is 5.11. The van der Waals surface area contributed by atoms with E-state index in [1.165, 1.54) is 20.3 Å². The molecule has 1 aliphatic heterocycles. The number of benzene rings is 1. The second-order valence-electron chi connectivity index (χ2n) is 5.19. The standard InChI is InChI=1S/C15H23NO4S/c1-4-12-7-5-6-10-16(12)21(17,18)13-8-9-14(19-2)15(11-13)20-3/h8-9,11-12H,4-7,10H2,1-3H3/t12-/m0/s1. The van der Waals surface area contributed by atoms with Gasteiger partial charge in [0.2, 0.25) is 10.0 Å². The average molecular weight is 313 g/mol. The summed E-state index contributed by atoms with van der Waals surface area (Å²) in [5, 5.41) is 0. The summed E-state index contributed by atoms with van der Waals surface area (Å²) >= 11 is 0. The fourth-order valence-corrected chi connectivity index (χ4v) is 4.59. The van der Waals surface area contributed by atoms with Gasteiger partial charge in [-0.05, 0) is 31.4 Å². The highest BCUT2D eigenvalue weighted by atomic mass is 32.2. The molecule has 0 unspecified atom stereocenters. The summed E-state index contributed by atoms with van der Waals surface area (Å²) < 4.78 is 37.7. The predicted octanol–water partition coefficient (Wildman–Crippen LogP) is 2.66. The van der Waals surface area contributed by atoms with Crippen molar-refractivity contribution < 1.29 is 17.9 Å². The molecule has 1 aromatic rings. The molecule has 1 aromatic carbocycles. The van der Waals surface area contributed by atoms with E-state index in [2.05, 4.69) is 0 Å². The zero-order valence-electron chi connectivity index (χ0n) is 12.8. The number of hydrogen-bond donors (Lipinski definition) is 0. The van der Waals surface area contributed by atoms with E-state index in [4.69, 9.17) is 9.47 Å². The van der Waals surface area contributed by atoms with Gasteiger partial charge in [0.1, 0.15) is 0 Å². The Morgan fingerprint density at radius 2 is 1.90 bits per heavy atom. The van der Waals surface area contributed by atoms with Crippen molar-refractivity contribution in [1.82, 2.24) is 4.31 Å². The van der Waals surface area contributed by atoms with Crippen molar-refractivity contribution in [3.05, 3.63) is 18.2 Å². The molecule has 118 valence electrons. The number of sulfonamides is 1. The Morgan fingerprint density at radius 3 is 2.52 bits per heavy atom. The van der Waals surface area contributed by atoms with Crippen molar-refractivity contribution in [2.24, 2.45) is 0 Å². The molecule has 0 bridgehead atoms. The summed E-state index contributed by atoms with van der Waals surface area (Å²) in [6.07, 6.45) is 3.79. The summed E-state index contributed by atoms with van der Waals surface area (Å²) in [5.74, 6) is 0.964. The normalized spacial score (nSPS) is 20.2. The van der Waals surface area contributed by atoms with Crippen LogP contribution in [0.2, 0.25) is 0 Å². The highest BCUT2D eigenvalue weighted by molar-refractivity contribution is 7.89. The van der Waals surface area contributed by atoms with Crippen molar-refractivity contribution in [2.45, 2.75) is 43.5 Å². The molecular weight excluding hydrogens is 290 g/mol. The second-order valence-corrected chi connectivity index (χ2v) is 7.08. The predicted molar refractivity (Wildman–Crippen MR) is 81.4 cm³/mol. The number of rotatable bonds is 5. The zero-order chi connectivity index (χ0) is 15.5. The molecule has 6 heteroatoms. The Labute approximate surface area is 126 Å². The molecule has 0 N–H and O–H groups in total. The monoisotopic (exact) mass is 313 g/mol. The number of methoxy groups -OCH3 is 2. The van der Waals surface area contributed by atoms with Gasteiger partial charge in [-0.3, -0.25) is 0 Å². The lowest BCUT2D eigenvalue weighted by Crippen LogP contribution is -2.43. The van der Waals surface area contributed by atoms with Crippen LogP contribution in [0.25, 0.3) is 0 Å². The third kappa shape index (κ3) is 3.16. The van der Waals surface area contributed by atoms with E-state index in [9.17, 15) is 8.42 Å². The minimum absolute atomic E-state index is 0.0943. The molecule has 0 saturated carbocycles. The smallest absolute Gasteiger partial charge is 0.243 e. The van der Waals surface area contributed by atoms with Gasteiger partial charge >= 0.3 is 0 Å². The first-order chi connectivity index (χ1) is 10.0. The van der Waals surface area contributed by atoms with Gasteiger partial charge in [0.15, 0.2) is 11.5 Å². The van der Waals surface area contributed by atoms with Crippen LogP contribution in [0.5, 0.6) is 11.5 Å². The molecule has 1 saturated heterocycles. The van der Waals surface area contributed by atoms with E-state index < -0.39 is 10.0 Å². The molecular formula is C15H23NO4S. The molecule has 1 heterocycles. The number of nitrogens with zero attached hydrogens (tertiary/aromatic N) is 1. The molecule has 1 fully saturated rings. The van der Waals surface area contributed by atoms with Crippen molar-refractivity contribution in [2.75, 3.05) is 20.8 Å². The van der Waals surface area contributed by atoms with E-state index in [0.29, 0.717) is 18.0 Å². The van der Waals surface area contributed by atoms with E-state index in [0.717, 1.165) is 25.7 Å². The highest BCUT2D eigenvalue weighted by Crippen LogP contribution is 2.33. The largest absolute Gasteiger partial charge is 0.493 e. The molecule has 2 rings (SSSR count). The lowest BCUT2D eigenvalue weighted by Gasteiger charge is -2.34. The third-order valence-corrected chi connectivity index (χ3v) is 5.95. The van der Waals surface area contributed by atoms with Crippen LogP contribution in [0.1, 0.15) is 32.6 Å². The molecule has 0 aromatic heterocycles. The highest BCUT2D eigenvalue weighted by Gasteiger charge is 2.32. The molecule has 0 amide bonds. The maximum absolute atomic E-state index is 12.9. The first kappa shape index (κ1) is 16.1. The third-order valence-electron chi connectivity index (χ3n) is 4.01. The Hall–Kier alpha value is -1.27. The lowest BCUT2D eigenvalue weighted by atomic mass is 10.0. The molecule has 5 nitrogen and oxygen atoms in total. The van der Waals surface area contributed by atoms with Crippen LogP contribution in [0.4, 0.5) is 0 Å². The second kappa shape index (κ2) is 6.66. The summed E-state index contributed by atoms with van der Waals surface area (Å²) in [4.78, 5) is 0.264. The molecule has 1 aliphatic rings. The number of hydrogen-bond acceptors (Lipinski definition) is 4. The van der Waals surface area contributed by atoms with Crippen LogP contribution in [0, 0.1) is 0 Å². The Morgan fingerprint density at radius 1 is 1.19 bits per heavy atom. The SMILES string of the molecule is CC[C@H]1CCCCN1S(=O)(=O)c1ccc(OC)c(OC)c1. The maximum atomic E-state index is 12.9. The van der Waals surface area contributed by atoms with Crippen LogP contribution in [-0.4, -0.2) is 39.5 Å². The van der Waals surface area contributed by atoms with Gasteiger partial charge in [-0.1, -0.05) is 13.3 Å². The lowest BCUT2D eigenvalue weighted by molar-refractivity contribution is 0.246. The molecule has 1 atom stereocenters. The average Bonchev–Trinajstić information content (AvgIpc) is 2.53. The van der Waals surface area contributed by atoms with Gasteiger partial charge in [0.05, 0.1) is 19.1 Å². The molecule has 21 heavy (non-hydrogen) atoms. The fourth-order valence-electron chi connectivity index (χ4n) is 2.81. The topological polar surface area (TPSA) is 55.8 Å². The van der Waals surface area contributed by atoms with Crippen molar-refractivity contribution >= 4 is 10.0 Å². The van der Waals surface area contributed by atoms with Crippen molar-refractivity contribution in [3.63, 3.8) is 0 Å². The summed E-state index contributed by atoms with van der Waals surface area (Å²) in [6.45, 7) is 2.63. The van der Waals surface area contributed by atoms with Crippen LogP contribution in [0.15, 0.2) is 23.1 Å². The zero-order valence-corrected chi connectivity index (χ0v) is 13.6. The summed E-state index contributed by atoms with van der Waals surface area (Å²) in [6, 6.07) is 4.85. The summed E-state index contributed by atoms with van der Waals surface area (Å²) in [5.41, 5.74) is 0. The fraction of sp³-hybridized carbons (Fsp3) is 0.600. The van der Waals surface area contributed by atoms with Gasteiger partial charge < -0.3 is 9.47 Å². The molecule has 0 radical (unpaired) electrons. The maximum Gasteiger partial charge on any atom is 0.243 e. The van der Waals surface area contributed by atoms with Crippen molar-refractivity contribution in [3.8, 4) is 11.5 Å². The summed E-state index contributed by atoms with van der Waals surface area (Å²) in [7, 11) is -0.448. The Bertz CT molecular complexity index is 585. The van der Waals surface area contributed by atoms with Gasteiger partial charge in [-0.15, -0.1) is 0 Å². The van der Waals surface area contributed by atoms with Crippen LogP contribution in [-0.2, 0) is 10.0 Å². The molecule has 0 spiro atoms. The van der Waals surface area contributed by atoms with Crippen LogP contribution >= 0.6 is 0 Å². The number of ether oxygens (including phenoxy) is 2. The minimum Gasteiger partial charge on any atom is -0.493 e. The molecule has 0 aliphatic carbocycles. The van der Waals surface area contributed by atoms with E-state index in [-0.39, 0.29) is 10.9 Å². The van der Waals surface area contributed by atoms with Crippen LogP contribution < -0.4 is 9.47 Å². The van der Waals surface area contributed by atoms with E-state index >= 15 is 0 Å².